The molecule has 1 saturated heterocycles. The number of benzene rings is 1. The van der Waals surface area contributed by atoms with E-state index in [4.69, 9.17) is 0 Å². The smallest absolute Gasteiger partial charge is 0.314 e. The molecule has 0 radical (unpaired) electrons. The minimum atomic E-state index is -0.702. The number of para-hydroxylation sites is 1. The third-order valence-electron chi connectivity index (χ3n) is 4.17. The number of nitrogens with zero attached hydrogens (tertiary/aromatic N) is 2. The molecular weight excluding hydrogens is 306 g/mol. The van der Waals surface area contributed by atoms with Gasteiger partial charge in [0.2, 0.25) is 0 Å². The van der Waals surface area contributed by atoms with Crippen LogP contribution in [0, 0.1) is 12.8 Å². The summed E-state index contributed by atoms with van der Waals surface area (Å²) in [5, 5.41) is 12.8. The zero-order valence-corrected chi connectivity index (χ0v) is 13.7. The first-order valence-corrected chi connectivity index (χ1v) is 7.99. The molecule has 7 nitrogen and oxygen atoms in total. The maximum absolute atomic E-state index is 12.1. The van der Waals surface area contributed by atoms with Gasteiger partial charge < -0.3 is 16.0 Å². The first-order valence-electron chi connectivity index (χ1n) is 7.99. The van der Waals surface area contributed by atoms with Crippen molar-refractivity contribution in [3.05, 3.63) is 42.1 Å². The molecule has 126 valence electrons. The number of hydrogen-bond donors (Lipinski definition) is 3. The van der Waals surface area contributed by atoms with Crippen LogP contribution in [0.4, 0.5) is 5.82 Å². The Bertz CT molecular complexity index is 741. The lowest BCUT2D eigenvalue weighted by Crippen LogP contribution is -2.45. The van der Waals surface area contributed by atoms with Crippen molar-refractivity contribution in [1.82, 2.24) is 20.4 Å². The van der Waals surface area contributed by atoms with Gasteiger partial charge in [0.15, 0.2) is 5.82 Å². The van der Waals surface area contributed by atoms with Crippen LogP contribution in [0.1, 0.15) is 12.6 Å². The predicted octanol–water partition coefficient (Wildman–Crippen LogP) is 0.843. The number of hydrogen-bond acceptors (Lipinski definition) is 4. The zero-order valence-electron chi connectivity index (χ0n) is 13.7. The van der Waals surface area contributed by atoms with Crippen molar-refractivity contribution in [2.75, 3.05) is 18.4 Å². The van der Waals surface area contributed by atoms with Crippen LogP contribution >= 0.6 is 0 Å². The molecule has 0 aliphatic carbocycles. The fraction of sp³-hybridized carbons (Fsp3) is 0.353. The molecule has 2 heterocycles. The highest BCUT2D eigenvalue weighted by atomic mass is 16.2. The van der Waals surface area contributed by atoms with Crippen LogP contribution in [0.3, 0.4) is 0 Å². The second-order valence-corrected chi connectivity index (χ2v) is 6.09. The number of carbonyl (C=O) groups excluding carboxylic acids is 2. The molecule has 0 spiro atoms. The first kappa shape index (κ1) is 16.2. The Labute approximate surface area is 140 Å². The van der Waals surface area contributed by atoms with Gasteiger partial charge in [-0.2, -0.15) is 0 Å². The quantitative estimate of drug-likeness (QED) is 0.729. The Morgan fingerprint density at radius 2 is 1.96 bits per heavy atom. The van der Waals surface area contributed by atoms with Crippen molar-refractivity contribution in [3.8, 4) is 5.69 Å². The number of rotatable bonds is 3. The van der Waals surface area contributed by atoms with Crippen LogP contribution in [-0.2, 0) is 9.59 Å². The molecule has 2 atom stereocenters. The Hall–Kier alpha value is -2.67. The summed E-state index contributed by atoms with van der Waals surface area (Å²) in [4.78, 5) is 24.1. The molecule has 3 N–H and O–H groups in total. The van der Waals surface area contributed by atoms with Gasteiger partial charge in [0.05, 0.1) is 5.69 Å². The normalized spacial score (nSPS) is 19.9. The summed E-state index contributed by atoms with van der Waals surface area (Å²) in [5.41, 5.74) is 1.76. The van der Waals surface area contributed by atoms with Gasteiger partial charge in [-0.1, -0.05) is 25.1 Å². The molecule has 24 heavy (non-hydrogen) atoms. The summed E-state index contributed by atoms with van der Waals surface area (Å²) in [5.74, 6) is -0.676. The van der Waals surface area contributed by atoms with Gasteiger partial charge in [0.1, 0.15) is 0 Å². The molecule has 2 aromatic rings. The molecule has 2 amide bonds. The maximum atomic E-state index is 12.1. The average molecular weight is 327 g/mol. The summed E-state index contributed by atoms with van der Waals surface area (Å²) in [6, 6.07) is 11.3. The Morgan fingerprint density at radius 1 is 1.21 bits per heavy atom. The number of anilines is 1. The Morgan fingerprint density at radius 3 is 2.62 bits per heavy atom. The van der Waals surface area contributed by atoms with Crippen molar-refractivity contribution < 1.29 is 9.59 Å². The standard InChI is InChI=1S/C17H21N5O2/c1-11-9-18-10-14(11)19-16(23)17(24)20-15-8-12(2)22(21-15)13-6-4-3-5-7-13/h3-8,11,14,18H,9-10H2,1-2H3,(H,19,23)(H,20,21,24)/t11-,14+/m0/s1. The van der Waals surface area contributed by atoms with E-state index in [0.717, 1.165) is 17.9 Å². The minimum Gasteiger partial charge on any atom is -0.343 e. The Kier molecular flexibility index (Phi) is 4.61. The molecule has 1 aliphatic rings. The fourth-order valence-corrected chi connectivity index (χ4v) is 2.78. The zero-order chi connectivity index (χ0) is 17.1. The van der Waals surface area contributed by atoms with Crippen molar-refractivity contribution in [1.29, 1.82) is 0 Å². The summed E-state index contributed by atoms with van der Waals surface area (Å²) < 4.78 is 1.72. The molecule has 1 aliphatic heterocycles. The van der Waals surface area contributed by atoms with Gasteiger partial charge in [0.25, 0.3) is 0 Å². The van der Waals surface area contributed by atoms with Crippen molar-refractivity contribution >= 4 is 17.6 Å². The van der Waals surface area contributed by atoms with Crippen LogP contribution in [0.15, 0.2) is 36.4 Å². The molecule has 0 unspecified atom stereocenters. The lowest BCUT2D eigenvalue weighted by molar-refractivity contribution is -0.136. The molecule has 1 aromatic carbocycles. The van der Waals surface area contributed by atoms with Crippen LogP contribution < -0.4 is 16.0 Å². The number of carbonyl (C=O) groups is 2. The van der Waals surface area contributed by atoms with Gasteiger partial charge in [-0.05, 0) is 31.5 Å². The monoisotopic (exact) mass is 327 g/mol. The minimum absolute atomic E-state index is 0.0214. The number of amides is 2. The Balaban J connectivity index is 1.65. The lowest BCUT2D eigenvalue weighted by atomic mass is 10.1. The van der Waals surface area contributed by atoms with E-state index in [1.807, 2.05) is 44.2 Å². The van der Waals surface area contributed by atoms with Crippen molar-refractivity contribution in [3.63, 3.8) is 0 Å². The summed E-state index contributed by atoms with van der Waals surface area (Å²) in [6.07, 6.45) is 0. The summed E-state index contributed by atoms with van der Waals surface area (Å²) in [6.45, 7) is 5.45. The van der Waals surface area contributed by atoms with Gasteiger partial charge in [-0.15, -0.1) is 5.10 Å². The summed E-state index contributed by atoms with van der Waals surface area (Å²) in [7, 11) is 0. The second-order valence-electron chi connectivity index (χ2n) is 6.09. The first-order chi connectivity index (χ1) is 11.5. The third-order valence-corrected chi connectivity index (χ3v) is 4.17. The van der Waals surface area contributed by atoms with Crippen LogP contribution in [0.5, 0.6) is 0 Å². The maximum Gasteiger partial charge on any atom is 0.314 e. The van der Waals surface area contributed by atoms with Gasteiger partial charge in [0, 0.05) is 24.3 Å². The van der Waals surface area contributed by atoms with Gasteiger partial charge >= 0.3 is 11.8 Å². The SMILES string of the molecule is Cc1cc(NC(=O)C(=O)N[C@@H]2CNC[C@@H]2C)nn1-c1ccccc1. The van der Waals surface area contributed by atoms with Crippen LogP contribution in [0.25, 0.3) is 5.69 Å². The lowest BCUT2D eigenvalue weighted by Gasteiger charge is -2.15. The molecular formula is C17H21N5O2. The highest BCUT2D eigenvalue weighted by Crippen LogP contribution is 2.14. The van der Waals surface area contributed by atoms with Crippen molar-refractivity contribution in [2.45, 2.75) is 19.9 Å². The highest BCUT2D eigenvalue weighted by molar-refractivity contribution is 6.39. The number of aromatic nitrogens is 2. The average Bonchev–Trinajstić information content (AvgIpc) is 3.14. The number of aryl methyl sites for hydroxylation is 1. The topological polar surface area (TPSA) is 88.1 Å². The molecule has 0 bridgehead atoms. The molecule has 3 rings (SSSR count). The van der Waals surface area contributed by atoms with E-state index >= 15 is 0 Å². The van der Waals surface area contributed by atoms with Crippen molar-refractivity contribution in [2.24, 2.45) is 5.92 Å². The van der Waals surface area contributed by atoms with E-state index in [1.54, 1.807) is 10.7 Å². The predicted molar refractivity (Wildman–Crippen MR) is 90.9 cm³/mol. The van der Waals surface area contributed by atoms with Gasteiger partial charge in [-0.25, -0.2) is 4.68 Å². The van der Waals surface area contributed by atoms with Crippen LogP contribution in [0.2, 0.25) is 0 Å². The largest absolute Gasteiger partial charge is 0.343 e. The molecule has 7 heteroatoms. The van der Waals surface area contributed by atoms with E-state index in [1.165, 1.54) is 0 Å². The summed E-state index contributed by atoms with van der Waals surface area (Å²) >= 11 is 0. The van der Waals surface area contributed by atoms with E-state index in [0.29, 0.717) is 18.3 Å². The van der Waals surface area contributed by atoms with E-state index in [2.05, 4.69) is 21.0 Å². The number of nitrogens with one attached hydrogen (secondary N) is 3. The van der Waals surface area contributed by atoms with Crippen LogP contribution in [-0.4, -0.2) is 40.7 Å². The molecule has 1 fully saturated rings. The van der Waals surface area contributed by atoms with E-state index in [-0.39, 0.29) is 6.04 Å². The fourth-order valence-electron chi connectivity index (χ4n) is 2.78. The highest BCUT2D eigenvalue weighted by Gasteiger charge is 2.27. The van der Waals surface area contributed by atoms with E-state index in [9.17, 15) is 9.59 Å². The van der Waals surface area contributed by atoms with E-state index < -0.39 is 11.8 Å². The third kappa shape index (κ3) is 3.46. The second kappa shape index (κ2) is 6.84. The van der Waals surface area contributed by atoms with Gasteiger partial charge in [-0.3, -0.25) is 9.59 Å². The molecule has 1 aromatic heterocycles. The molecule has 0 saturated carbocycles.